The van der Waals surface area contributed by atoms with Crippen molar-refractivity contribution >= 4 is 10.3 Å². The first-order valence-electron chi connectivity index (χ1n) is 9.85. The molecule has 152 valence electrons. The Bertz CT molecular complexity index is 663. The Labute approximate surface area is 168 Å². The Morgan fingerprint density at radius 3 is 2.19 bits per heavy atom. The maximum absolute atomic E-state index is 6.34. The van der Waals surface area contributed by atoms with Crippen molar-refractivity contribution in [1.29, 1.82) is 0 Å². The van der Waals surface area contributed by atoms with Gasteiger partial charge in [-0.25, -0.2) is 0 Å². The molecule has 27 heavy (non-hydrogen) atoms. The van der Waals surface area contributed by atoms with Gasteiger partial charge in [0.05, 0.1) is 7.11 Å². The van der Waals surface area contributed by atoms with Crippen LogP contribution in [0.15, 0.2) is 59.9 Å². The van der Waals surface area contributed by atoms with Crippen molar-refractivity contribution in [3.05, 3.63) is 65.5 Å². The van der Waals surface area contributed by atoms with Crippen molar-refractivity contribution in [1.82, 2.24) is 0 Å². The third kappa shape index (κ3) is 6.21. The highest BCUT2D eigenvalue weighted by atomic mass is 32.3. The Morgan fingerprint density at radius 2 is 1.70 bits per heavy atom. The van der Waals surface area contributed by atoms with E-state index in [0.717, 1.165) is 30.8 Å². The van der Waals surface area contributed by atoms with Gasteiger partial charge < -0.3 is 8.92 Å². The molecule has 0 radical (unpaired) electrons. The zero-order valence-corrected chi connectivity index (χ0v) is 19.3. The average Bonchev–Trinajstić information content (AvgIpc) is 2.66. The van der Waals surface area contributed by atoms with Gasteiger partial charge in [-0.3, -0.25) is 0 Å². The van der Waals surface area contributed by atoms with Crippen molar-refractivity contribution in [2.75, 3.05) is 25.9 Å². The molecule has 2 nitrogen and oxygen atoms in total. The molecule has 0 amide bonds. The molecule has 0 N–H and O–H groups in total. The summed E-state index contributed by atoms with van der Waals surface area (Å²) >= 11 is 0. The van der Waals surface area contributed by atoms with Crippen LogP contribution in [-0.4, -0.2) is 25.9 Å². The number of hydrogen-bond donors (Lipinski definition) is 0. The van der Waals surface area contributed by atoms with E-state index in [2.05, 4.69) is 81.2 Å². The van der Waals surface area contributed by atoms with E-state index in [9.17, 15) is 0 Å². The molecule has 3 heteroatoms. The smallest absolute Gasteiger partial charge is 0.118 e. The van der Waals surface area contributed by atoms with E-state index in [4.69, 9.17) is 8.92 Å². The molecule has 0 fully saturated rings. The van der Waals surface area contributed by atoms with Crippen molar-refractivity contribution in [2.24, 2.45) is 0 Å². The molecule has 2 rings (SSSR count). The Morgan fingerprint density at radius 1 is 1.07 bits per heavy atom. The number of benzene rings is 1. The summed E-state index contributed by atoms with van der Waals surface area (Å²) in [6.45, 7) is 8.22. The first-order chi connectivity index (χ1) is 12.8. The van der Waals surface area contributed by atoms with Gasteiger partial charge in [-0.05, 0) is 74.8 Å². The Kier molecular flexibility index (Phi) is 9.25. The monoisotopic (exact) mass is 390 g/mol. The number of allylic oxidation sites excluding steroid dienone is 6. The molecule has 1 aliphatic rings. The molecule has 1 aromatic rings. The van der Waals surface area contributed by atoms with Gasteiger partial charge in [-0.1, -0.05) is 44.2 Å². The second-order valence-corrected chi connectivity index (χ2v) is 10.9. The fourth-order valence-electron chi connectivity index (χ4n) is 3.60. The van der Waals surface area contributed by atoms with Crippen LogP contribution in [0.2, 0.25) is 0 Å². The average molecular weight is 391 g/mol. The van der Waals surface area contributed by atoms with Gasteiger partial charge in [0.15, 0.2) is 0 Å². The van der Waals surface area contributed by atoms with Crippen LogP contribution in [0, 0.1) is 0 Å². The lowest BCUT2D eigenvalue weighted by Gasteiger charge is -2.41. The highest BCUT2D eigenvalue weighted by molar-refractivity contribution is 8.28. The van der Waals surface area contributed by atoms with E-state index in [1.807, 2.05) is 13.8 Å². The van der Waals surface area contributed by atoms with Crippen LogP contribution >= 0.6 is 10.3 Å². The molecule has 0 bridgehead atoms. The van der Waals surface area contributed by atoms with Crippen molar-refractivity contribution in [2.45, 2.75) is 52.4 Å². The highest BCUT2D eigenvalue weighted by Crippen LogP contribution is 2.50. The summed E-state index contributed by atoms with van der Waals surface area (Å²) < 4.78 is 11.7. The van der Waals surface area contributed by atoms with Crippen LogP contribution in [0.1, 0.15) is 52.5 Å². The van der Waals surface area contributed by atoms with Crippen LogP contribution < -0.4 is 4.74 Å². The molecule has 1 atom stereocenters. The predicted octanol–water partition coefficient (Wildman–Crippen LogP) is 7.18. The standard InChI is InChI=1S/C22H32O2S.C2H6/c1-7-10-18(8-2)22(19-12-14-20(23-3)15-13-19)16-9-11-21(17-22)24-25(4,5)6;1-2/h7-8,10-15H,9,16-17H2,1-6H3;1-2H3/b10-7-,18-8+;. The van der Waals surface area contributed by atoms with Crippen LogP contribution in [0.4, 0.5) is 0 Å². The van der Waals surface area contributed by atoms with E-state index in [-0.39, 0.29) is 5.41 Å². The molecule has 1 aromatic carbocycles. The van der Waals surface area contributed by atoms with Gasteiger partial charge in [0.2, 0.25) is 0 Å². The van der Waals surface area contributed by atoms with E-state index in [1.165, 1.54) is 11.1 Å². The fraction of sp³-hybridized carbons (Fsp3) is 0.500. The minimum Gasteiger partial charge on any atom is -0.497 e. The summed E-state index contributed by atoms with van der Waals surface area (Å²) in [6.07, 6.45) is 18.5. The first-order valence-corrected chi connectivity index (χ1v) is 12.6. The fourth-order valence-corrected chi connectivity index (χ4v) is 4.37. The molecule has 0 spiro atoms. The third-order valence-corrected chi connectivity index (χ3v) is 5.34. The minimum atomic E-state index is -1.04. The van der Waals surface area contributed by atoms with E-state index in [1.54, 1.807) is 7.11 Å². The molecule has 0 saturated heterocycles. The number of methoxy groups -OCH3 is 1. The molecule has 1 aliphatic carbocycles. The molecular weight excluding hydrogens is 352 g/mol. The van der Waals surface area contributed by atoms with E-state index < -0.39 is 10.3 Å². The lowest BCUT2D eigenvalue weighted by Crippen LogP contribution is -2.31. The summed E-state index contributed by atoms with van der Waals surface area (Å²) in [4.78, 5) is 0. The van der Waals surface area contributed by atoms with Crippen molar-refractivity contribution in [3.63, 3.8) is 0 Å². The number of ether oxygens (including phenoxy) is 1. The van der Waals surface area contributed by atoms with Gasteiger partial charge in [0.1, 0.15) is 11.5 Å². The summed E-state index contributed by atoms with van der Waals surface area (Å²) in [6, 6.07) is 8.54. The molecule has 1 unspecified atom stereocenters. The SMILES string of the molecule is C/C=C\C(=C/C)C1(c2ccc(OC)cc2)CCC=C(OS(C)(C)C)C1.CC. The lowest BCUT2D eigenvalue weighted by molar-refractivity contribution is 0.350. The highest BCUT2D eigenvalue weighted by Gasteiger charge is 2.38. The van der Waals surface area contributed by atoms with Gasteiger partial charge in [0.25, 0.3) is 0 Å². The summed E-state index contributed by atoms with van der Waals surface area (Å²) in [7, 11) is 0.674. The van der Waals surface area contributed by atoms with E-state index >= 15 is 0 Å². The van der Waals surface area contributed by atoms with Crippen molar-refractivity contribution < 1.29 is 8.92 Å². The summed E-state index contributed by atoms with van der Waals surface area (Å²) in [5.74, 6) is 2.03. The zero-order chi connectivity index (χ0) is 20.5. The lowest BCUT2D eigenvalue weighted by atomic mass is 9.66. The van der Waals surface area contributed by atoms with Crippen LogP contribution in [-0.2, 0) is 9.60 Å². The van der Waals surface area contributed by atoms with Gasteiger partial charge in [-0.2, -0.15) is 0 Å². The van der Waals surface area contributed by atoms with E-state index in [0.29, 0.717) is 0 Å². The zero-order valence-electron chi connectivity index (χ0n) is 18.5. The molecular formula is C24H38O2S. The minimum absolute atomic E-state index is 0.0394. The molecule has 0 heterocycles. The topological polar surface area (TPSA) is 18.5 Å². The quantitative estimate of drug-likeness (QED) is 0.479. The normalized spacial score (nSPS) is 21.2. The second-order valence-electron chi connectivity index (χ2n) is 7.25. The first kappa shape index (κ1) is 23.4. The largest absolute Gasteiger partial charge is 0.497 e. The Balaban J connectivity index is 0.00000176. The summed E-state index contributed by atoms with van der Waals surface area (Å²) in [5, 5.41) is 0. The number of rotatable bonds is 6. The van der Waals surface area contributed by atoms with Gasteiger partial charge in [0, 0.05) is 11.8 Å². The number of hydrogen-bond acceptors (Lipinski definition) is 2. The predicted molar refractivity (Wildman–Crippen MR) is 123 cm³/mol. The van der Waals surface area contributed by atoms with Crippen LogP contribution in [0.5, 0.6) is 5.75 Å². The van der Waals surface area contributed by atoms with Gasteiger partial charge in [-0.15, -0.1) is 10.3 Å². The summed E-state index contributed by atoms with van der Waals surface area (Å²) in [5.41, 5.74) is 2.65. The molecule has 0 aromatic heterocycles. The maximum atomic E-state index is 6.34. The van der Waals surface area contributed by atoms with Crippen molar-refractivity contribution in [3.8, 4) is 5.75 Å². The Hall–Kier alpha value is -1.61. The van der Waals surface area contributed by atoms with Crippen LogP contribution in [0.3, 0.4) is 0 Å². The molecule has 0 aliphatic heterocycles. The van der Waals surface area contributed by atoms with Gasteiger partial charge >= 0.3 is 0 Å². The third-order valence-electron chi connectivity index (χ3n) is 4.63. The second kappa shape index (κ2) is 10.7. The van der Waals surface area contributed by atoms with Crippen LogP contribution in [0.25, 0.3) is 0 Å². The maximum Gasteiger partial charge on any atom is 0.118 e. The molecule has 0 saturated carbocycles.